The maximum Gasteiger partial charge on any atom is 0.227 e. The largest absolute Gasteiger partial charge is 0.343 e. The number of nitrogens with zero attached hydrogens (tertiary/aromatic N) is 3. The van der Waals surface area contributed by atoms with Crippen molar-refractivity contribution in [3.05, 3.63) is 59.7 Å². The lowest BCUT2D eigenvalue weighted by Crippen LogP contribution is -2.45. The number of hydrogen-bond acceptors (Lipinski definition) is 5. The molecule has 2 amide bonds. The third-order valence-electron chi connectivity index (χ3n) is 7.58. The zero-order chi connectivity index (χ0) is 24.3. The Labute approximate surface area is 206 Å². The van der Waals surface area contributed by atoms with Crippen molar-refractivity contribution in [3.63, 3.8) is 0 Å². The molecule has 1 atom stereocenters. The molecule has 2 aliphatic rings. The maximum absolute atomic E-state index is 13.3. The van der Waals surface area contributed by atoms with Crippen LogP contribution in [0.5, 0.6) is 0 Å². The lowest BCUT2D eigenvalue weighted by Gasteiger charge is -2.30. The van der Waals surface area contributed by atoms with Gasteiger partial charge >= 0.3 is 0 Å². The molecule has 2 fully saturated rings. The second-order valence-corrected chi connectivity index (χ2v) is 10.0. The van der Waals surface area contributed by atoms with E-state index in [1.54, 1.807) is 0 Å². The lowest BCUT2D eigenvalue weighted by atomic mass is 9.89. The first-order valence-corrected chi connectivity index (χ1v) is 12.9. The van der Waals surface area contributed by atoms with E-state index in [2.05, 4.69) is 51.9 Å². The van der Waals surface area contributed by atoms with E-state index in [1.807, 2.05) is 11.0 Å². The summed E-state index contributed by atoms with van der Waals surface area (Å²) in [6.45, 7) is 2.31. The van der Waals surface area contributed by atoms with Crippen LogP contribution in [0.4, 0.5) is 0 Å². The van der Waals surface area contributed by atoms with E-state index >= 15 is 0 Å². The van der Waals surface area contributed by atoms with Crippen molar-refractivity contribution in [2.24, 2.45) is 0 Å². The highest BCUT2D eigenvalue weighted by molar-refractivity contribution is 5.87. The predicted molar refractivity (Wildman–Crippen MR) is 133 cm³/mol. The number of likely N-dealkylation sites (tertiary alicyclic amines) is 1. The van der Waals surface area contributed by atoms with Gasteiger partial charge in [0, 0.05) is 26.3 Å². The van der Waals surface area contributed by atoms with Gasteiger partial charge in [0.1, 0.15) is 5.54 Å². The third kappa shape index (κ3) is 4.95. The first kappa shape index (κ1) is 23.5. The molecule has 2 heterocycles. The number of amides is 2. The number of hydrogen-bond donors (Lipinski definition) is 1. The second kappa shape index (κ2) is 10.2. The van der Waals surface area contributed by atoms with Gasteiger partial charge in [-0.15, -0.1) is 0 Å². The summed E-state index contributed by atoms with van der Waals surface area (Å²) in [6.07, 6.45) is 8.67. The molecule has 1 aromatic heterocycles. The summed E-state index contributed by atoms with van der Waals surface area (Å²) in [5.41, 5.74) is 0.655. The van der Waals surface area contributed by atoms with Crippen molar-refractivity contribution in [3.8, 4) is 0 Å². The van der Waals surface area contributed by atoms with Gasteiger partial charge < -0.3 is 14.7 Å². The zero-order valence-electron chi connectivity index (χ0n) is 20.5. The molecule has 2 aromatic carbocycles. The average Bonchev–Trinajstić information content (AvgIpc) is 3.49. The van der Waals surface area contributed by atoms with Crippen LogP contribution in [-0.2, 0) is 21.5 Å². The summed E-state index contributed by atoms with van der Waals surface area (Å²) >= 11 is 0. The smallest absolute Gasteiger partial charge is 0.227 e. The summed E-state index contributed by atoms with van der Waals surface area (Å²) in [6, 6.07) is 14.8. The first-order valence-electron chi connectivity index (χ1n) is 12.9. The maximum atomic E-state index is 13.3. The van der Waals surface area contributed by atoms with Gasteiger partial charge in [0.15, 0.2) is 5.82 Å². The molecule has 1 saturated heterocycles. The Hall–Kier alpha value is -3.22. The van der Waals surface area contributed by atoms with E-state index < -0.39 is 5.54 Å². The molecular formula is C28H34N4O3. The SMILES string of the molecule is CC(=O)NC1(c2noc(CCC(=O)N3CCCC3c3cccc4ccccc34)n2)CCCCCC1. The van der Waals surface area contributed by atoms with Gasteiger partial charge in [-0.25, -0.2) is 0 Å². The second-order valence-electron chi connectivity index (χ2n) is 10.0. The van der Waals surface area contributed by atoms with Crippen LogP contribution < -0.4 is 5.32 Å². The highest BCUT2D eigenvalue weighted by Gasteiger charge is 2.38. The molecule has 7 heteroatoms. The number of nitrogens with one attached hydrogen (secondary N) is 1. The lowest BCUT2D eigenvalue weighted by molar-refractivity contribution is -0.132. The molecule has 1 unspecified atom stereocenters. The molecule has 5 rings (SSSR count). The van der Waals surface area contributed by atoms with Crippen molar-refractivity contribution in [1.82, 2.24) is 20.4 Å². The van der Waals surface area contributed by atoms with Crippen molar-refractivity contribution < 1.29 is 14.1 Å². The van der Waals surface area contributed by atoms with Crippen molar-refractivity contribution in [1.29, 1.82) is 0 Å². The van der Waals surface area contributed by atoms with Crippen LogP contribution in [0.25, 0.3) is 10.8 Å². The fraction of sp³-hybridized carbons (Fsp3) is 0.500. The van der Waals surface area contributed by atoms with Crippen LogP contribution in [0.2, 0.25) is 0 Å². The van der Waals surface area contributed by atoms with Crippen LogP contribution in [0.3, 0.4) is 0 Å². The summed E-state index contributed by atoms with van der Waals surface area (Å²) in [5.74, 6) is 1.04. The third-order valence-corrected chi connectivity index (χ3v) is 7.58. The number of carbonyl (C=O) groups is 2. The fourth-order valence-corrected chi connectivity index (χ4v) is 5.91. The Balaban J connectivity index is 1.28. The molecule has 7 nitrogen and oxygen atoms in total. The molecule has 0 spiro atoms. The Bertz CT molecular complexity index is 1190. The molecule has 0 bridgehead atoms. The van der Waals surface area contributed by atoms with Gasteiger partial charge in [-0.2, -0.15) is 4.98 Å². The monoisotopic (exact) mass is 474 g/mol. The minimum Gasteiger partial charge on any atom is -0.343 e. The van der Waals surface area contributed by atoms with Crippen LogP contribution in [0.1, 0.15) is 88.0 Å². The molecule has 3 aromatic rings. The molecule has 35 heavy (non-hydrogen) atoms. The van der Waals surface area contributed by atoms with Gasteiger partial charge in [-0.1, -0.05) is 73.3 Å². The average molecular weight is 475 g/mol. The van der Waals surface area contributed by atoms with Gasteiger partial charge in [0.05, 0.1) is 6.04 Å². The Morgan fingerprint density at radius 1 is 1.06 bits per heavy atom. The Morgan fingerprint density at radius 3 is 2.63 bits per heavy atom. The summed E-state index contributed by atoms with van der Waals surface area (Å²) in [5, 5.41) is 9.79. The quantitative estimate of drug-likeness (QED) is 0.496. The Kier molecular flexibility index (Phi) is 6.84. The van der Waals surface area contributed by atoms with Gasteiger partial charge in [0.25, 0.3) is 0 Å². The normalized spacial score (nSPS) is 20.0. The first-order chi connectivity index (χ1) is 17.1. The highest BCUT2D eigenvalue weighted by atomic mass is 16.5. The Morgan fingerprint density at radius 2 is 1.83 bits per heavy atom. The highest BCUT2D eigenvalue weighted by Crippen LogP contribution is 2.37. The zero-order valence-corrected chi connectivity index (χ0v) is 20.5. The minimum absolute atomic E-state index is 0.0815. The molecule has 0 radical (unpaired) electrons. The molecule has 1 saturated carbocycles. The summed E-state index contributed by atoms with van der Waals surface area (Å²) in [4.78, 5) is 31.9. The number of rotatable bonds is 6. The number of benzene rings is 2. The fourth-order valence-electron chi connectivity index (χ4n) is 5.91. The van der Waals surface area contributed by atoms with Crippen molar-refractivity contribution in [2.45, 2.75) is 82.7 Å². The van der Waals surface area contributed by atoms with Crippen molar-refractivity contribution >= 4 is 22.6 Å². The van der Waals surface area contributed by atoms with Crippen molar-refractivity contribution in [2.75, 3.05) is 6.54 Å². The molecule has 1 N–H and O–H groups in total. The minimum atomic E-state index is -0.567. The van der Waals surface area contributed by atoms with E-state index in [9.17, 15) is 9.59 Å². The van der Waals surface area contributed by atoms with Crippen LogP contribution in [0, 0.1) is 0 Å². The molecule has 184 valence electrons. The predicted octanol–water partition coefficient (Wildman–Crippen LogP) is 5.20. The topological polar surface area (TPSA) is 88.3 Å². The number of aryl methyl sites for hydroxylation is 1. The van der Waals surface area contributed by atoms with E-state index in [1.165, 1.54) is 23.3 Å². The number of aromatic nitrogens is 2. The molecule has 1 aliphatic carbocycles. The molecular weight excluding hydrogens is 440 g/mol. The number of carbonyl (C=O) groups excluding carboxylic acids is 2. The molecule has 1 aliphatic heterocycles. The van der Waals surface area contributed by atoms with Gasteiger partial charge in [-0.05, 0) is 42.0 Å². The standard InChI is InChI=1S/C28H34N4O3/c1-20(33)30-28(17-6-2-3-7-18-28)27-29-25(35-31-27)15-16-26(34)32-19-9-14-24(32)23-13-8-11-21-10-4-5-12-22(21)23/h4-5,8,10-13,24H,2-3,6-7,9,14-19H2,1H3,(H,30,33). The van der Waals surface area contributed by atoms with E-state index in [0.29, 0.717) is 24.6 Å². The van der Waals surface area contributed by atoms with Gasteiger partial charge in [-0.3, -0.25) is 9.59 Å². The van der Waals surface area contributed by atoms with E-state index in [4.69, 9.17) is 4.52 Å². The van der Waals surface area contributed by atoms with Crippen LogP contribution in [0.15, 0.2) is 47.0 Å². The van der Waals surface area contributed by atoms with Crippen LogP contribution in [-0.4, -0.2) is 33.4 Å². The van der Waals surface area contributed by atoms with Gasteiger partial charge in [0.2, 0.25) is 17.7 Å². The van der Waals surface area contributed by atoms with Crippen LogP contribution >= 0.6 is 0 Å². The summed E-state index contributed by atoms with van der Waals surface area (Å²) < 4.78 is 5.56. The summed E-state index contributed by atoms with van der Waals surface area (Å²) in [7, 11) is 0. The number of fused-ring (bicyclic) bond motifs is 1. The van der Waals surface area contributed by atoms with E-state index in [0.717, 1.165) is 57.9 Å². The van der Waals surface area contributed by atoms with E-state index in [-0.39, 0.29) is 17.9 Å².